The van der Waals surface area contributed by atoms with Crippen LogP contribution in [0, 0.1) is 5.41 Å². The van der Waals surface area contributed by atoms with Gasteiger partial charge < -0.3 is 20.9 Å². The number of hydrogen-bond acceptors (Lipinski definition) is 6. The van der Waals surface area contributed by atoms with Crippen LogP contribution in [0.4, 0.5) is 5.69 Å². The molecule has 188 valence electrons. The molecule has 2 aliphatic rings. The van der Waals surface area contributed by atoms with Crippen molar-refractivity contribution in [2.75, 3.05) is 23.1 Å². The van der Waals surface area contributed by atoms with Crippen molar-refractivity contribution in [2.45, 2.75) is 31.4 Å². The fraction of sp³-hybridized carbons (Fsp3) is 0.308. The molecule has 0 bridgehead atoms. The van der Waals surface area contributed by atoms with Crippen molar-refractivity contribution in [2.24, 2.45) is 5.73 Å². The Morgan fingerprint density at radius 2 is 1.83 bits per heavy atom. The number of aliphatic carboxylic acids is 1. The molecular weight excluding hydrogens is 480 g/mol. The van der Waals surface area contributed by atoms with Gasteiger partial charge in [-0.05, 0) is 78.2 Å². The summed E-state index contributed by atoms with van der Waals surface area (Å²) in [5.74, 6) is -1.78. The van der Waals surface area contributed by atoms with Crippen molar-refractivity contribution in [1.82, 2.24) is 5.32 Å². The predicted molar refractivity (Wildman–Crippen MR) is 138 cm³/mol. The van der Waals surface area contributed by atoms with Gasteiger partial charge in [-0.2, -0.15) is 0 Å². The Kier molecular flexibility index (Phi) is 6.31. The van der Waals surface area contributed by atoms with Gasteiger partial charge in [0.05, 0.1) is 11.7 Å². The Morgan fingerprint density at radius 3 is 2.56 bits per heavy atom. The minimum Gasteiger partial charge on any atom is -0.490 e. The fourth-order valence-electron chi connectivity index (χ4n) is 5.04. The third-order valence-electron chi connectivity index (χ3n) is 6.74. The quantitative estimate of drug-likeness (QED) is 0.284. The summed E-state index contributed by atoms with van der Waals surface area (Å²) in [7, 11) is -4.15. The molecule has 3 aromatic carbocycles. The molecule has 1 atom stereocenters. The predicted octanol–water partition coefficient (Wildman–Crippen LogP) is 2.77. The van der Waals surface area contributed by atoms with Crippen molar-refractivity contribution in [3.8, 4) is 5.75 Å². The summed E-state index contributed by atoms with van der Waals surface area (Å²) in [5, 5.41) is 22.1. The second kappa shape index (κ2) is 9.44. The Morgan fingerprint density at radius 1 is 1.08 bits per heavy atom. The fourth-order valence-corrected chi connectivity index (χ4v) is 6.55. The lowest BCUT2D eigenvalue weighted by Crippen LogP contribution is -2.36. The van der Waals surface area contributed by atoms with E-state index in [0.29, 0.717) is 23.4 Å². The van der Waals surface area contributed by atoms with Crippen molar-refractivity contribution in [1.29, 1.82) is 5.41 Å². The van der Waals surface area contributed by atoms with Gasteiger partial charge in [-0.25, -0.2) is 8.42 Å². The summed E-state index contributed by atoms with van der Waals surface area (Å²) >= 11 is 0. The molecule has 2 aliphatic heterocycles. The summed E-state index contributed by atoms with van der Waals surface area (Å²) in [6.45, 7) is 1.79. The van der Waals surface area contributed by atoms with Crippen LogP contribution in [0.1, 0.15) is 35.6 Å². The molecule has 0 aromatic heterocycles. The zero-order valence-electron chi connectivity index (χ0n) is 19.6. The lowest BCUT2D eigenvalue weighted by Gasteiger charge is -2.27. The summed E-state index contributed by atoms with van der Waals surface area (Å²) in [4.78, 5) is 11.4. The maximum atomic E-state index is 13.3. The summed E-state index contributed by atoms with van der Waals surface area (Å²) in [6, 6.07) is 15.8. The number of nitrogens with one attached hydrogen (secondary N) is 2. The second-order valence-electron chi connectivity index (χ2n) is 9.26. The largest absolute Gasteiger partial charge is 0.490 e. The molecule has 5 N–H and O–H groups in total. The molecule has 0 amide bonds. The summed E-state index contributed by atoms with van der Waals surface area (Å²) in [5.41, 5.74) is 8.22. The first kappa shape index (κ1) is 24.1. The Hall–Kier alpha value is -3.63. The molecule has 5 rings (SSSR count). The zero-order chi connectivity index (χ0) is 25.4. The molecule has 0 saturated carbocycles. The molecule has 0 unspecified atom stereocenters. The molecule has 3 aromatic rings. The highest BCUT2D eigenvalue weighted by atomic mass is 32.2. The van der Waals surface area contributed by atoms with Crippen LogP contribution in [0.5, 0.6) is 5.75 Å². The number of nitrogen functional groups attached to an aromatic ring is 1. The minimum atomic E-state index is -4.15. The number of ether oxygens (including phenoxy) is 1. The van der Waals surface area contributed by atoms with Crippen LogP contribution in [0.25, 0.3) is 10.8 Å². The monoisotopic (exact) mass is 508 g/mol. The van der Waals surface area contributed by atoms with Crippen molar-refractivity contribution >= 4 is 38.3 Å². The van der Waals surface area contributed by atoms with E-state index >= 15 is 0 Å². The Bertz CT molecular complexity index is 1450. The van der Waals surface area contributed by atoms with E-state index < -0.39 is 27.8 Å². The molecule has 9 nitrogen and oxygen atoms in total. The van der Waals surface area contributed by atoms with E-state index in [9.17, 15) is 18.3 Å². The zero-order valence-corrected chi connectivity index (χ0v) is 20.4. The molecule has 10 heteroatoms. The van der Waals surface area contributed by atoms with Crippen molar-refractivity contribution < 1.29 is 23.1 Å². The number of carboxylic acids is 1. The third kappa shape index (κ3) is 4.74. The topological polar surface area (TPSA) is 146 Å². The first-order valence-electron chi connectivity index (χ1n) is 11.8. The number of fused-ring (bicyclic) bond motifs is 2. The number of sulfonamides is 1. The smallest absolute Gasteiger partial charge is 0.320 e. The highest BCUT2D eigenvalue weighted by molar-refractivity contribution is 7.93. The van der Waals surface area contributed by atoms with Gasteiger partial charge in [-0.1, -0.05) is 24.3 Å². The van der Waals surface area contributed by atoms with Crippen LogP contribution in [0.3, 0.4) is 0 Å². The molecule has 1 saturated heterocycles. The highest BCUT2D eigenvalue weighted by Crippen LogP contribution is 2.44. The molecule has 36 heavy (non-hydrogen) atoms. The van der Waals surface area contributed by atoms with Crippen LogP contribution < -0.4 is 20.1 Å². The van der Waals surface area contributed by atoms with Crippen molar-refractivity contribution in [3.05, 3.63) is 71.3 Å². The highest BCUT2D eigenvalue weighted by Gasteiger charge is 2.39. The molecule has 0 radical (unpaired) electrons. The number of benzene rings is 3. The Labute approximate surface area is 209 Å². The van der Waals surface area contributed by atoms with Crippen LogP contribution in [0.15, 0.2) is 54.6 Å². The van der Waals surface area contributed by atoms with Crippen LogP contribution in [0.2, 0.25) is 0 Å². The van der Waals surface area contributed by atoms with Gasteiger partial charge >= 0.3 is 5.97 Å². The number of hydrogen-bond donors (Lipinski definition) is 4. The molecule has 1 fully saturated rings. The summed E-state index contributed by atoms with van der Waals surface area (Å²) in [6.07, 6.45) is 2.29. The lowest BCUT2D eigenvalue weighted by molar-refractivity contribution is -0.134. The van der Waals surface area contributed by atoms with E-state index in [1.165, 1.54) is 4.31 Å². The number of carboxylic acid groups (broad SMARTS) is 1. The van der Waals surface area contributed by atoms with E-state index in [1.807, 2.05) is 30.3 Å². The first-order chi connectivity index (χ1) is 17.2. The van der Waals surface area contributed by atoms with E-state index in [-0.39, 0.29) is 11.9 Å². The van der Waals surface area contributed by atoms with Crippen molar-refractivity contribution in [3.63, 3.8) is 0 Å². The number of nitrogens with zero attached hydrogens (tertiary/aromatic N) is 1. The van der Waals surface area contributed by atoms with Gasteiger partial charge in [0, 0.05) is 12.0 Å². The van der Waals surface area contributed by atoms with Gasteiger partial charge in [0.1, 0.15) is 17.7 Å². The molecule has 0 aliphatic carbocycles. The van der Waals surface area contributed by atoms with E-state index in [2.05, 4.69) is 5.32 Å². The van der Waals surface area contributed by atoms with Gasteiger partial charge in [-0.3, -0.25) is 14.5 Å². The van der Waals surface area contributed by atoms with Gasteiger partial charge in [0.2, 0.25) is 10.0 Å². The van der Waals surface area contributed by atoms with E-state index in [0.717, 1.165) is 47.8 Å². The lowest BCUT2D eigenvalue weighted by atomic mass is 9.98. The average Bonchev–Trinajstić information content (AvgIpc) is 3.23. The SMILES string of the molecule is N=C(N)c1ccc2ccc([C@H]3Cc4cc(OC5CCNCC5)ccc4N3S(=O)(=O)CC(=O)O)cc2c1. The van der Waals surface area contributed by atoms with Crippen LogP contribution in [-0.2, 0) is 21.2 Å². The number of carbonyl (C=O) groups is 1. The number of anilines is 1. The number of amidine groups is 1. The number of piperidine rings is 1. The summed E-state index contributed by atoms with van der Waals surface area (Å²) < 4.78 is 33.9. The number of nitrogens with two attached hydrogens (primary N) is 1. The molecule has 2 heterocycles. The van der Waals surface area contributed by atoms with Crippen LogP contribution in [-0.4, -0.2) is 50.3 Å². The average molecular weight is 509 g/mol. The molecule has 0 spiro atoms. The van der Waals surface area contributed by atoms with E-state index in [1.54, 1.807) is 24.3 Å². The number of rotatable bonds is 7. The maximum absolute atomic E-state index is 13.3. The third-order valence-corrected chi connectivity index (χ3v) is 8.40. The maximum Gasteiger partial charge on any atom is 0.320 e. The Balaban J connectivity index is 1.54. The van der Waals surface area contributed by atoms with Gasteiger partial charge in [0.15, 0.2) is 5.75 Å². The minimum absolute atomic E-state index is 0.0532. The first-order valence-corrected chi connectivity index (χ1v) is 13.4. The van der Waals surface area contributed by atoms with Gasteiger partial charge in [-0.15, -0.1) is 0 Å². The van der Waals surface area contributed by atoms with Gasteiger partial charge in [0.25, 0.3) is 0 Å². The second-order valence-corrected chi connectivity index (χ2v) is 11.1. The van der Waals surface area contributed by atoms with E-state index in [4.69, 9.17) is 15.9 Å². The normalized spacial score (nSPS) is 18.2. The standard InChI is InChI=1S/C26H28N4O5S/c27-26(28)18-4-2-16-1-3-17(11-19(16)12-18)24-14-20-13-22(35-21-7-9-29-10-8-21)5-6-23(20)30(24)36(33,34)15-25(31)32/h1-6,11-13,21,24,29H,7-10,14-15H2,(H3,27,28)(H,31,32)/t24-/m1/s1. The molecular formula is C26H28N4O5S. The van der Waals surface area contributed by atoms with Crippen LogP contribution >= 0.6 is 0 Å².